The van der Waals surface area contributed by atoms with Crippen LogP contribution in [-0.2, 0) is 0 Å². The first-order valence-corrected chi connectivity index (χ1v) is 6.11. The number of carboxylic acid groups (broad SMARTS) is 1. The predicted octanol–water partition coefficient (Wildman–Crippen LogP) is 2.94. The maximum absolute atomic E-state index is 11.3. The van der Waals surface area contributed by atoms with E-state index in [2.05, 4.69) is 0 Å². The Morgan fingerprint density at radius 3 is 2.38 bits per heavy atom. The number of hydrogen-bond donors (Lipinski definition) is 1. The van der Waals surface area contributed by atoms with Crippen molar-refractivity contribution in [2.24, 2.45) is 0 Å². The minimum Gasteiger partial charge on any atom is -0.496 e. The lowest BCUT2D eigenvalue weighted by Gasteiger charge is -2.12. The Morgan fingerprint density at radius 2 is 1.81 bits per heavy atom. The molecule has 0 aliphatic rings. The van der Waals surface area contributed by atoms with Crippen LogP contribution in [0, 0.1) is 11.3 Å². The Morgan fingerprint density at radius 1 is 1.14 bits per heavy atom. The molecular weight excluding hydrogens is 270 g/mol. The highest BCUT2D eigenvalue weighted by Gasteiger charge is 2.19. The molecule has 2 aromatic rings. The molecule has 0 atom stereocenters. The molecule has 0 saturated carbocycles. The van der Waals surface area contributed by atoms with Crippen LogP contribution in [-0.4, -0.2) is 25.3 Å². The SMILES string of the molecule is COc1ccccc1-c1cc(C#N)c(C(=O)O)c(OC)c1. The first-order valence-electron chi connectivity index (χ1n) is 6.11. The Labute approximate surface area is 122 Å². The van der Waals surface area contributed by atoms with Gasteiger partial charge in [0.05, 0.1) is 19.8 Å². The van der Waals surface area contributed by atoms with Gasteiger partial charge < -0.3 is 14.6 Å². The standard InChI is InChI=1S/C16H13NO4/c1-20-13-6-4-3-5-12(13)10-7-11(9-17)15(16(18)19)14(8-10)21-2/h3-8H,1-2H3,(H,18,19). The van der Waals surface area contributed by atoms with E-state index in [1.807, 2.05) is 24.3 Å². The quantitative estimate of drug-likeness (QED) is 0.933. The van der Waals surface area contributed by atoms with E-state index in [1.165, 1.54) is 13.2 Å². The molecule has 5 heteroatoms. The predicted molar refractivity (Wildman–Crippen MR) is 76.7 cm³/mol. The average Bonchev–Trinajstić information content (AvgIpc) is 2.53. The van der Waals surface area contributed by atoms with Gasteiger partial charge in [0.25, 0.3) is 0 Å². The lowest BCUT2D eigenvalue weighted by molar-refractivity contribution is 0.0693. The van der Waals surface area contributed by atoms with Crippen LogP contribution < -0.4 is 9.47 Å². The molecule has 21 heavy (non-hydrogen) atoms. The first kappa shape index (κ1) is 14.4. The summed E-state index contributed by atoms with van der Waals surface area (Å²) in [6, 6.07) is 12.3. The van der Waals surface area contributed by atoms with Crippen molar-refractivity contribution in [3.8, 4) is 28.7 Å². The lowest BCUT2D eigenvalue weighted by Crippen LogP contribution is -2.04. The van der Waals surface area contributed by atoms with Crippen LogP contribution in [0.3, 0.4) is 0 Å². The van der Waals surface area contributed by atoms with Gasteiger partial charge in [0.1, 0.15) is 23.1 Å². The Balaban J connectivity index is 2.72. The third-order valence-electron chi connectivity index (χ3n) is 3.07. The fraction of sp³-hybridized carbons (Fsp3) is 0.125. The molecule has 2 rings (SSSR count). The van der Waals surface area contributed by atoms with Crippen LogP contribution in [0.1, 0.15) is 15.9 Å². The number of aromatic carboxylic acids is 1. The third-order valence-corrected chi connectivity index (χ3v) is 3.07. The van der Waals surface area contributed by atoms with Crippen LogP contribution in [0.2, 0.25) is 0 Å². The minimum atomic E-state index is -1.20. The molecule has 5 nitrogen and oxygen atoms in total. The Kier molecular flexibility index (Phi) is 4.10. The molecule has 0 aromatic heterocycles. The fourth-order valence-corrected chi connectivity index (χ4v) is 2.12. The molecule has 2 aromatic carbocycles. The highest BCUT2D eigenvalue weighted by atomic mass is 16.5. The van der Waals surface area contributed by atoms with Crippen molar-refractivity contribution in [3.05, 3.63) is 47.5 Å². The number of carboxylic acids is 1. The van der Waals surface area contributed by atoms with Gasteiger partial charge in [0.2, 0.25) is 0 Å². The van der Waals surface area contributed by atoms with E-state index in [1.54, 1.807) is 19.2 Å². The van der Waals surface area contributed by atoms with E-state index in [-0.39, 0.29) is 16.9 Å². The van der Waals surface area contributed by atoms with Crippen molar-refractivity contribution in [2.45, 2.75) is 0 Å². The van der Waals surface area contributed by atoms with E-state index in [0.717, 1.165) is 5.56 Å². The summed E-state index contributed by atoms with van der Waals surface area (Å²) in [6.45, 7) is 0. The third kappa shape index (κ3) is 2.65. The van der Waals surface area contributed by atoms with Crippen molar-refractivity contribution in [1.29, 1.82) is 5.26 Å². The molecule has 0 heterocycles. The summed E-state index contributed by atoms with van der Waals surface area (Å²) in [5.74, 6) is -0.427. The first-order chi connectivity index (χ1) is 10.1. The number of ether oxygens (including phenoxy) is 2. The summed E-state index contributed by atoms with van der Waals surface area (Å²) in [5.41, 5.74) is 1.32. The van der Waals surface area contributed by atoms with Gasteiger partial charge in [-0.05, 0) is 23.8 Å². The van der Waals surface area contributed by atoms with Crippen LogP contribution >= 0.6 is 0 Å². The van der Waals surface area contributed by atoms with Crippen molar-refractivity contribution >= 4 is 5.97 Å². The van der Waals surface area contributed by atoms with Gasteiger partial charge >= 0.3 is 5.97 Å². The van der Waals surface area contributed by atoms with Crippen LogP contribution in [0.15, 0.2) is 36.4 Å². The van der Waals surface area contributed by atoms with Crippen LogP contribution in [0.5, 0.6) is 11.5 Å². The molecule has 0 aliphatic carbocycles. The van der Waals surface area contributed by atoms with Gasteiger partial charge in [-0.25, -0.2) is 4.79 Å². The van der Waals surface area contributed by atoms with Gasteiger partial charge in [-0.2, -0.15) is 5.26 Å². The Bertz CT molecular complexity index is 732. The van der Waals surface area contributed by atoms with Crippen LogP contribution in [0.25, 0.3) is 11.1 Å². The zero-order valence-electron chi connectivity index (χ0n) is 11.6. The number of hydrogen-bond acceptors (Lipinski definition) is 4. The summed E-state index contributed by atoms with van der Waals surface area (Å²) in [4.78, 5) is 11.3. The number of methoxy groups -OCH3 is 2. The molecule has 0 saturated heterocycles. The van der Waals surface area contributed by atoms with Gasteiger partial charge in [-0.15, -0.1) is 0 Å². The van der Waals surface area contributed by atoms with Crippen molar-refractivity contribution in [1.82, 2.24) is 0 Å². The van der Waals surface area contributed by atoms with Gasteiger partial charge in [0, 0.05) is 5.56 Å². The highest BCUT2D eigenvalue weighted by molar-refractivity contribution is 5.95. The largest absolute Gasteiger partial charge is 0.496 e. The molecule has 0 bridgehead atoms. The average molecular weight is 283 g/mol. The number of benzene rings is 2. The number of carbonyl (C=O) groups is 1. The summed E-state index contributed by atoms with van der Waals surface area (Å²) in [6.07, 6.45) is 0. The number of nitriles is 1. The zero-order valence-corrected chi connectivity index (χ0v) is 11.6. The summed E-state index contributed by atoms with van der Waals surface area (Å²) >= 11 is 0. The van der Waals surface area contributed by atoms with E-state index in [9.17, 15) is 15.2 Å². The van der Waals surface area contributed by atoms with E-state index < -0.39 is 5.97 Å². The lowest BCUT2D eigenvalue weighted by atomic mass is 9.98. The van der Waals surface area contributed by atoms with Crippen molar-refractivity contribution < 1.29 is 19.4 Å². The molecule has 0 aliphatic heterocycles. The maximum Gasteiger partial charge on any atom is 0.340 e. The van der Waals surface area contributed by atoms with Crippen molar-refractivity contribution in [2.75, 3.05) is 14.2 Å². The maximum atomic E-state index is 11.3. The second-order valence-corrected chi connectivity index (χ2v) is 4.22. The molecule has 0 unspecified atom stereocenters. The normalized spacial score (nSPS) is 9.76. The minimum absolute atomic E-state index is 0.0442. The van der Waals surface area contributed by atoms with Gasteiger partial charge in [0.15, 0.2) is 0 Å². The van der Waals surface area contributed by atoms with Crippen LogP contribution in [0.4, 0.5) is 0 Å². The number of para-hydroxylation sites is 1. The topological polar surface area (TPSA) is 79.5 Å². The number of nitrogens with zero attached hydrogens (tertiary/aromatic N) is 1. The van der Waals surface area contributed by atoms with E-state index >= 15 is 0 Å². The molecular formula is C16H13NO4. The molecule has 0 amide bonds. The molecule has 1 N–H and O–H groups in total. The fourth-order valence-electron chi connectivity index (χ4n) is 2.12. The monoisotopic (exact) mass is 283 g/mol. The molecule has 106 valence electrons. The molecule has 0 spiro atoms. The van der Waals surface area contributed by atoms with Gasteiger partial charge in [-0.1, -0.05) is 18.2 Å². The van der Waals surface area contributed by atoms with E-state index in [4.69, 9.17) is 9.47 Å². The van der Waals surface area contributed by atoms with E-state index in [0.29, 0.717) is 11.3 Å². The summed E-state index contributed by atoms with van der Waals surface area (Å²) in [5, 5.41) is 18.4. The summed E-state index contributed by atoms with van der Waals surface area (Å²) in [7, 11) is 2.92. The Hall–Kier alpha value is -3.00. The van der Waals surface area contributed by atoms with Crippen molar-refractivity contribution in [3.63, 3.8) is 0 Å². The smallest absolute Gasteiger partial charge is 0.340 e. The molecule has 0 fully saturated rings. The number of rotatable bonds is 4. The second kappa shape index (κ2) is 5.97. The van der Waals surface area contributed by atoms with Gasteiger partial charge in [-0.3, -0.25) is 0 Å². The second-order valence-electron chi connectivity index (χ2n) is 4.22. The zero-order chi connectivity index (χ0) is 15.4. The molecule has 0 radical (unpaired) electrons. The summed E-state index contributed by atoms with van der Waals surface area (Å²) < 4.78 is 10.4. The highest BCUT2D eigenvalue weighted by Crippen LogP contribution is 2.35.